The summed E-state index contributed by atoms with van der Waals surface area (Å²) in [5, 5.41) is 0. The van der Waals surface area contributed by atoms with Gasteiger partial charge >= 0.3 is 0 Å². The highest BCUT2D eigenvalue weighted by Crippen LogP contribution is 2.12. The van der Waals surface area contributed by atoms with E-state index in [0.29, 0.717) is 5.92 Å². The standard InChI is InChI=1S/C14H21NO2/c15-14-5-3-12(4-6-14)2-1-8-16-10-13-7-9-17-11-13/h3-6,13H,1-2,7-11,15H2. The summed E-state index contributed by atoms with van der Waals surface area (Å²) in [5.74, 6) is 0.617. The molecule has 0 radical (unpaired) electrons. The topological polar surface area (TPSA) is 44.5 Å². The molecule has 94 valence electrons. The third kappa shape index (κ3) is 4.36. The van der Waals surface area contributed by atoms with Crippen molar-refractivity contribution in [3.63, 3.8) is 0 Å². The minimum atomic E-state index is 0.617. The fourth-order valence-corrected chi connectivity index (χ4v) is 2.03. The molecule has 2 rings (SSSR count). The monoisotopic (exact) mass is 235 g/mol. The average Bonchev–Trinajstić information content (AvgIpc) is 2.84. The summed E-state index contributed by atoms with van der Waals surface area (Å²) >= 11 is 0. The van der Waals surface area contributed by atoms with Crippen molar-refractivity contribution in [1.82, 2.24) is 0 Å². The second-order valence-electron chi connectivity index (χ2n) is 4.65. The summed E-state index contributed by atoms with van der Waals surface area (Å²) in [4.78, 5) is 0. The number of ether oxygens (including phenoxy) is 2. The first kappa shape index (κ1) is 12.4. The van der Waals surface area contributed by atoms with Gasteiger partial charge in [0.25, 0.3) is 0 Å². The first-order chi connectivity index (χ1) is 8.34. The molecule has 0 amide bonds. The number of nitrogen functional groups attached to an aromatic ring is 1. The fourth-order valence-electron chi connectivity index (χ4n) is 2.03. The Hall–Kier alpha value is -1.06. The van der Waals surface area contributed by atoms with Crippen LogP contribution in [0.3, 0.4) is 0 Å². The smallest absolute Gasteiger partial charge is 0.0517 e. The van der Waals surface area contributed by atoms with E-state index in [4.69, 9.17) is 15.2 Å². The van der Waals surface area contributed by atoms with Crippen LogP contribution in [0.2, 0.25) is 0 Å². The molecule has 1 saturated heterocycles. The molecule has 0 saturated carbocycles. The highest BCUT2D eigenvalue weighted by molar-refractivity contribution is 5.39. The highest BCUT2D eigenvalue weighted by atomic mass is 16.5. The lowest BCUT2D eigenvalue weighted by Gasteiger charge is -2.08. The molecule has 0 aromatic heterocycles. The second kappa shape index (κ2) is 6.62. The van der Waals surface area contributed by atoms with Crippen LogP contribution in [0.25, 0.3) is 0 Å². The molecule has 17 heavy (non-hydrogen) atoms. The van der Waals surface area contributed by atoms with Crippen molar-refractivity contribution in [3.05, 3.63) is 29.8 Å². The number of anilines is 1. The van der Waals surface area contributed by atoms with E-state index in [9.17, 15) is 0 Å². The molecule has 3 heteroatoms. The van der Waals surface area contributed by atoms with Crippen molar-refractivity contribution in [1.29, 1.82) is 0 Å². The molecule has 2 N–H and O–H groups in total. The fraction of sp³-hybridized carbons (Fsp3) is 0.571. The quantitative estimate of drug-likeness (QED) is 0.607. The maximum atomic E-state index is 5.66. The second-order valence-corrected chi connectivity index (χ2v) is 4.65. The van der Waals surface area contributed by atoms with Crippen LogP contribution >= 0.6 is 0 Å². The van der Waals surface area contributed by atoms with Crippen LogP contribution in [0, 0.1) is 5.92 Å². The van der Waals surface area contributed by atoms with Crippen LogP contribution < -0.4 is 5.73 Å². The van der Waals surface area contributed by atoms with E-state index in [1.165, 1.54) is 5.56 Å². The Balaban J connectivity index is 1.55. The number of aryl methyl sites for hydroxylation is 1. The van der Waals surface area contributed by atoms with E-state index in [1.807, 2.05) is 12.1 Å². The van der Waals surface area contributed by atoms with Gasteiger partial charge in [-0.3, -0.25) is 0 Å². The molecule has 1 atom stereocenters. The van der Waals surface area contributed by atoms with Gasteiger partial charge in [0, 0.05) is 24.8 Å². The Kier molecular flexibility index (Phi) is 4.83. The Labute approximate surface area is 103 Å². The normalized spacial score (nSPS) is 19.6. The molecule has 3 nitrogen and oxygen atoms in total. The Morgan fingerprint density at radius 3 is 2.82 bits per heavy atom. The van der Waals surface area contributed by atoms with E-state index < -0.39 is 0 Å². The van der Waals surface area contributed by atoms with Gasteiger partial charge in [0.05, 0.1) is 13.2 Å². The largest absolute Gasteiger partial charge is 0.399 e. The maximum Gasteiger partial charge on any atom is 0.0517 e. The Morgan fingerprint density at radius 2 is 2.12 bits per heavy atom. The predicted molar refractivity (Wildman–Crippen MR) is 68.9 cm³/mol. The molecule has 0 spiro atoms. The Morgan fingerprint density at radius 1 is 1.29 bits per heavy atom. The van der Waals surface area contributed by atoms with Crippen LogP contribution in [-0.2, 0) is 15.9 Å². The van der Waals surface area contributed by atoms with Crippen molar-refractivity contribution in [2.24, 2.45) is 5.92 Å². The summed E-state index contributed by atoms with van der Waals surface area (Å²) in [5.41, 5.74) is 7.79. The number of nitrogens with two attached hydrogens (primary N) is 1. The van der Waals surface area contributed by atoms with Crippen LogP contribution in [0.4, 0.5) is 5.69 Å². The van der Waals surface area contributed by atoms with E-state index >= 15 is 0 Å². The number of hydrogen-bond acceptors (Lipinski definition) is 3. The van der Waals surface area contributed by atoms with Crippen LogP contribution in [0.15, 0.2) is 24.3 Å². The predicted octanol–water partition coefficient (Wildman–Crippen LogP) is 2.25. The Bertz CT molecular complexity index is 317. The zero-order chi connectivity index (χ0) is 11.9. The molecule has 1 aliphatic rings. The molecular weight excluding hydrogens is 214 g/mol. The highest BCUT2D eigenvalue weighted by Gasteiger charge is 2.14. The molecule has 1 unspecified atom stereocenters. The lowest BCUT2D eigenvalue weighted by molar-refractivity contribution is 0.0884. The maximum absolute atomic E-state index is 5.66. The first-order valence-corrected chi connectivity index (χ1v) is 6.34. The first-order valence-electron chi connectivity index (χ1n) is 6.34. The third-order valence-corrected chi connectivity index (χ3v) is 3.11. The number of rotatable bonds is 6. The molecule has 1 fully saturated rings. The molecule has 1 aromatic rings. The van der Waals surface area contributed by atoms with Crippen molar-refractivity contribution in [3.8, 4) is 0 Å². The summed E-state index contributed by atoms with van der Waals surface area (Å²) in [6, 6.07) is 8.07. The van der Waals surface area contributed by atoms with Crippen molar-refractivity contribution in [2.45, 2.75) is 19.3 Å². The summed E-state index contributed by atoms with van der Waals surface area (Å²) in [6.45, 7) is 3.46. The zero-order valence-electron chi connectivity index (χ0n) is 10.2. The van der Waals surface area contributed by atoms with Crippen LogP contribution in [0.1, 0.15) is 18.4 Å². The number of hydrogen-bond donors (Lipinski definition) is 1. The van der Waals surface area contributed by atoms with Gasteiger partial charge < -0.3 is 15.2 Å². The SMILES string of the molecule is Nc1ccc(CCCOCC2CCOC2)cc1. The summed E-state index contributed by atoms with van der Waals surface area (Å²) in [6.07, 6.45) is 3.27. The molecule has 0 aliphatic carbocycles. The van der Waals surface area contributed by atoms with E-state index in [0.717, 1.165) is 51.4 Å². The minimum absolute atomic E-state index is 0.617. The molecule has 1 aromatic carbocycles. The molecule has 1 aliphatic heterocycles. The molecule has 0 bridgehead atoms. The lowest BCUT2D eigenvalue weighted by Crippen LogP contribution is -2.10. The van der Waals surface area contributed by atoms with Gasteiger partial charge in [-0.2, -0.15) is 0 Å². The van der Waals surface area contributed by atoms with Gasteiger partial charge in [0.2, 0.25) is 0 Å². The summed E-state index contributed by atoms with van der Waals surface area (Å²) in [7, 11) is 0. The van der Waals surface area contributed by atoms with Crippen molar-refractivity contribution < 1.29 is 9.47 Å². The molecule has 1 heterocycles. The number of benzene rings is 1. The third-order valence-electron chi connectivity index (χ3n) is 3.11. The van der Waals surface area contributed by atoms with Crippen LogP contribution in [0.5, 0.6) is 0 Å². The zero-order valence-corrected chi connectivity index (χ0v) is 10.2. The van der Waals surface area contributed by atoms with Crippen molar-refractivity contribution >= 4 is 5.69 Å². The van der Waals surface area contributed by atoms with E-state index in [-0.39, 0.29) is 0 Å². The van der Waals surface area contributed by atoms with Gasteiger partial charge in [-0.1, -0.05) is 12.1 Å². The van der Waals surface area contributed by atoms with Crippen LogP contribution in [-0.4, -0.2) is 26.4 Å². The van der Waals surface area contributed by atoms with Gasteiger partial charge in [0.1, 0.15) is 0 Å². The molecular formula is C14H21NO2. The average molecular weight is 235 g/mol. The summed E-state index contributed by atoms with van der Waals surface area (Å²) < 4.78 is 11.0. The van der Waals surface area contributed by atoms with Crippen molar-refractivity contribution in [2.75, 3.05) is 32.2 Å². The van der Waals surface area contributed by atoms with Gasteiger partial charge in [-0.05, 0) is 37.0 Å². The van der Waals surface area contributed by atoms with E-state index in [1.54, 1.807) is 0 Å². The minimum Gasteiger partial charge on any atom is -0.399 e. The van der Waals surface area contributed by atoms with Gasteiger partial charge in [-0.25, -0.2) is 0 Å². The van der Waals surface area contributed by atoms with Gasteiger partial charge in [0.15, 0.2) is 0 Å². The van der Waals surface area contributed by atoms with Gasteiger partial charge in [-0.15, -0.1) is 0 Å². The lowest BCUT2D eigenvalue weighted by atomic mass is 10.1. The van der Waals surface area contributed by atoms with E-state index in [2.05, 4.69) is 12.1 Å².